The van der Waals surface area contributed by atoms with Crippen molar-refractivity contribution in [1.29, 1.82) is 0 Å². The van der Waals surface area contributed by atoms with Crippen LogP contribution in [0.15, 0.2) is 12.7 Å². The fourth-order valence-corrected chi connectivity index (χ4v) is 2.34. The Morgan fingerprint density at radius 3 is 2.35 bits per heavy atom. The highest BCUT2D eigenvalue weighted by Gasteiger charge is 2.38. The molecule has 0 radical (unpaired) electrons. The Kier molecular flexibility index (Phi) is 4.95. The third kappa shape index (κ3) is 4.21. The fourth-order valence-electron chi connectivity index (χ4n) is 1.31. The molecule has 1 aliphatic heterocycles. The van der Waals surface area contributed by atoms with Gasteiger partial charge in [0.05, 0.1) is 25.9 Å². The second-order valence-electron chi connectivity index (χ2n) is 6.13. The minimum Gasteiger partial charge on any atom is -0.414 e. The first kappa shape index (κ1) is 14.9. The van der Waals surface area contributed by atoms with E-state index in [0.717, 1.165) is 0 Å². The zero-order chi connectivity index (χ0) is 13.1. The van der Waals surface area contributed by atoms with Gasteiger partial charge < -0.3 is 13.9 Å². The van der Waals surface area contributed by atoms with Crippen molar-refractivity contribution in [2.45, 2.75) is 51.1 Å². The smallest absolute Gasteiger partial charge is 0.192 e. The molecule has 0 saturated carbocycles. The molecule has 0 unspecified atom stereocenters. The van der Waals surface area contributed by atoms with E-state index in [1.54, 1.807) is 6.08 Å². The van der Waals surface area contributed by atoms with Gasteiger partial charge in [0.15, 0.2) is 8.32 Å². The van der Waals surface area contributed by atoms with E-state index in [0.29, 0.717) is 19.8 Å². The third-order valence-corrected chi connectivity index (χ3v) is 8.19. The molecule has 0 amide bonds. The Morgan fingerprint density at radius 2 is 1.94 bits per heavy atom. The summed E-state index contributed by atoms with van der Waals surface area (Å²) in [5.74, 6) is 0. The lowest BCUT2D eigenvalue weighted by atomic mass is 10.2. The van der Waals surface area contributed by atoms with Gasteiger partial charge in [0.1, 0.15) is 6.10 Å². The van der Waals surface area contributed by atoms with Crippen molar-refractivity contribution in [3.63, 3.8) is 0 Å². The Morgan fingerprint density at radius 1 is 1.29 bits per heavy atom. The van der Waals surface area contributed by atoms with E-state index in [-0.39, 0.29) is 17.2 Å². The van der Waals surface area contributed by atoms with Crippen LogP contribution in [0.5, 0.6) is 0 Å². The van der Waals surface area contributed by atoms with Crippen molar-refractivity contribution in [1.82, 2.24) is 0 Å². The van der Waals surface area contributed by atoms with Gasteiger partial charge >= 0.3 is 0 Å². The maximum absolute atomic E-state index is 6.11. The Bertz CT molecular complexity index is 250. The minimum atomic E-state index is -1.67. The van der Waals surface area contributed by atoms with E-state index >= 15 is 0 Å². The molecule has 0 N–H and O–H groups in total. The summed E-state index contributed by atoms with van der Waals surface area (Å²) >= 11 is 0. The van der Waals surface area contributed by atoms with E-state index in [1.165, 1.54) is 0 Å². The molecule has 3 nitrogen and oxygen atoms in total. The predicted octanol–water partition coefficient (Wildman–Crippen LogP) is 2.98. The summed E-state index contributed by atoms with van der Waals surface area (Å²) in [4.78, 5) is 0. The van der Waals surface area contributed by atoms with Crippen LogP contribution in [-0.4, -0.2) is 40.3 Å². The van der Waals surface area contributed by atoms with Crippen molar-refractivity contribution < 1.29 is 13.9 Å². The highest BCUT2D eigenvalue weighted by molar-refractivity contribution is 6.74. The van der Waals surface area contributed by atoms with E-state index in [2.05, 4.69) is 40.4 Å². The van der Waals surface area contributed by atoms with E-state index < -0.39 is 8.32 Å². The summed E-state index contributed by atoms with van der Waals surface area (Å²) in [6.45, 7) is 16.8. The van der Waals surface area contributed by atoms with Crippen LogP contribution in [0.2, 0.25) is 18.1 Å². The highest BCUT2D eigenvalue weighted by atomic mass is 28.4. The Labute approximate surface area is 106 Å². The summed E-state index contributed by atoms with van der Waals surface area (Å²) < 4.78 is 17.4. The second-order valence-corrected chi connectivity index (χ2v) is 10.9. The molecule has 0 aromatic heterocycles. The molecule has 1 saturated heterocycles. The number of hydrogen-bond donors (Lipinski definition) is 0. The fraction of sp³-hybridized carbons (Fsp3) is 0.846. The van der Waals surface area contributed by atoms with Gasteiger partial charge in [-0.3, -0.25) is 0 Å². The molecule has 0 spiro atoms. The van der Waals surface area contributed by atoms with Gasteiger partial charge in [-0.15, -0.1) is 6.58 Å². The summed E-state index contributed by atoms with van der Waals surface area (Å²) in [7, 11) is -1.67. The summed E-state index contributed by atoms with van der Waals surface area (Å²) in [6.07, 6.45) is 1.89. The second kappa shape index (κ2) is 5.65. The molecule has 17 heavy (non-hydrogen) atoms. The maximum atomic E-state index is 6.11. The van der Waals surface area contributed by atoms with Crippen LogP contribution in [0.1, 0.15) is 20.8 Å². The first-order valence-electron chi connectivity index (χ1n) is 6.26. The average Bonchev–Trinajstić information content (AvgIpc) is 2.25. The van der Waals surface area contributed by atoms with Crippen LogP contribution in [0, 0.1) is 0 Å². The third-order valence-electron chi connectivity index (χ3n) is 3.69. The van der Waals surface area contributed by atoms with Crippen molar-refractivity contribution in [3.05, 3.63) is 12.7 Å². The zero-order valence-electron chi connectivity index (χ0n) is 11.8. The van der Waals surface area contributed by atoms with Gasteiger partial charge in [-0.2, -0.15) is 0 Å². The van der Waals surface area contributed by atoms with Gasteiger partial charge in [-0.1, -0.05) is 26.8 Å². The molecule has 1 heterocycles. The molecule has 4 heteroatoms. The van der Waals surface area contributed by atoms with E-state index in [4.69, 9.17) is 13.9 Å². The van der Waals surface area contributed by atoms with Gasteiger partial charge in [0.25, 0.3) is 0 Å². The molecule has 1 rings (SSSR count). The Balaban J connectivity index is 2.35. The van der Waals surface area contributed by atoms with Crippen LogP contribution in [-0.2, 0) is 13.9 Å². The van der Waals surface area contributed by atoms with Crippen molar-refractivity contribution in [2.24, 2.45) is 0 Å². The van der Waals surface area contributed by atoms with Crippen LogP contribution < -0.4 is 0 Å². The average molecular weight is 258 g/mol. The molecule has 0 bridgehead atoms. The maximum Gasteiger partial charge on any atom is 0.192 e. The number of ether oxygens (including phenoxy) is 2. The molecule has 0 aromatic rings. The molecule has 0 aliphatic carbocycles. The molecule has 100 valence electrons. The highest BCUT2D eigenvalue weighted by Crippen LogP contribution is 2.36. The lowest BCUT2D eigenvalue weighted by molar-refractivity contribution is -0.128. The Hall–Kier alpha value is -0.163. The number of rotatable bonds is 4. The monoisotopic (exact) mass is 258 g/mol. The lowest BCUT2D eigenvalue weighted by Gasteiger charge is -2.38. The van der Waals surface area contributed by atoms with Crippen LogP contribution >= 0.6 is 0 Å². The van der Waals surface area contributed by atoms with Gasteiger partial charge in [-0.05, 0) is 18.1 Å². The molecular weight excluding hydrogens is 232 g/mol. The normalized spacial score (nSPS) is 26.9. The predicted molar refractivity (Wildman–Crippen MR) is 72.8 cm³/mol. The standard InChI is InChI=1S/C13H26O3Si/c1-7-11-8-15-12(9-14-11)10-16-17(5,6)13(2,3)4/h7,11-12H,1,8-10H2,2-6H3/t11-,12-/m1/s1. The number of hydrogen-bond acceptors (Lipinski definition) is 3. The molecule has 1 fully saturated rings. The summed E-state index contributed by atoms with van der Waals surface area (Å²) in [6, 6.07) is 0. The van der Waals surface area contributed by atoms with Gasteiger partial charge in [-0.25, -0.2) is 0 Å². The lowest BCUT2D eigenvalue weighted by Crippen LogP contribution is -2.45. The van der Waals surface area contributed by atoms with Crippen molar-refractivity contribution >= 4 is 8.32 Å². The molecule has 1 aliphatic rings. The topological polar surface area (TPSA) is 27.7 Å². The van der Waals surface area contributed by atoms with Gasteiger partial charge in [0, 0.05) is 0 Å². The molecule has 0 aromatic carbocycles. The quantitative estimate of drug-likeness (QED) is 0.573. The van der Waals surface area contributed by atoms with Crippen LogP contribution in [0.4, 0.5) is 0 Å². The molecular formula is C13H26O3Si. The van der Waals surface area contributed by atoms with E-state index in [1.807, 2.05) is 0 Å². The SMILES string of the molecule is C=C[C@@H]1CO[C@@H](CO[Si](C)(C)C(C)(C)C)CO1. The minimum absolute atomic E-state index is 0.0409. The zero-order valence-corrected chi connectivity index (χ0v) is 12.8. The molecule has 2 atom stereocenters. The summed E-state index contributed by atoms with van der Waals surface area (Å²) in [5, 5.41) is 0.242. The van der Waals surface area contributed by atoms with Gasteiger partial charge in [0.2, 0.25) is 0 Å². The van der Waals surface area contributed by atoms with E-state index in [9.17, 15) is 0 Å². The summed E-state index contributed by atoms with van der Waals surface area (Å²) in [5.41, 5.74) is 0. The van der Waals surface area contributed by atoms with Crippen molar-refractivity contribution in [3.8, 4) is 0 Å². The van der Waals surface area contributed by atoms with Crippen LogP contribution in [0.3, 0.4) is 0 Å². The van der Waals surface area contributed by atoms with Crippen molar-refractivity contribution in [2.75, 3.05) is 19.8 Å². The first-order chi connectivity index (χ1) is 7.76. The van der Waals surface area contributed by atoms with Crippen LogP contribution in [0.25, 0.3) is 0 Å². The first-order valence-corrected chi connectivity index (χ1v) is 9.17. The largest absolute Gasteiger partial charge is 0.414 e.